The zero-order chi connectivity index (χ0) is 10.8. The lowest BCUT2D eigenvalue weighted by atomic mass is 9.78. The summed E-state index contributed by atoms with van der Waals surface area (Å²) < 4.78 is 1.87. The molecule has 1 aromatic rings. The van der Waals surface area contributed by atoms with Crippen LogP contribution in [-0.4, -0.2) is 27.3 Å². The summed E-state index contributed by atoms with van der Waals surface area (Å²) in [7, 11) is 0. The minimum absolute atomic E-state index is 0.233. The Kier molecular flexibility index (Phi) is 2.81. The monoisotopic (exact) mass is 208 g/mol. The number of nitrogens with zero attached hydrogens (tertiary/aromatic N) is 3. The molecule has 2 rings (SSSR count). The van der Waals surface area contributed by atoms with Gasteiger partial charge < -0.3 is 5.73 Å². The van der Waals surface area contributed by atoms with Gasteiger partial charge in [0.15, 0.2) is 0 Å². The zero-order valence-electron chi connectivity index (χ0n) is 8.89. The van der Waals surface area contributed by atoms with E-state index in [1.165, 1.54) is 0 Å². The molecule has 0 bridgehead atoms. The fraction of sp³-hybridized carbons (Fsp3) is 0.700. The maximum Gasteiger partial charge on any atom is 0.133 e. The van der Waals surface area contributed by atoms with Gasteiger partial charge in [0.25, 0.3) is 0 Å². The molecule has 1 aliphatic carbocycles. The number of hydrogen-bond acceptors (Lipinski definition) is 4. The van der Waals surface area contributed by atoms with E-state index in [9.17, 15) is 4.79 Å². The van der Waals surface area contributed by atoms with Crippen LogP contribution >= 0.6 is 0 Å². The second-order valence-electron chi connectivity index (χ2n) is 4.16. The van der Waals surface area contributed by atoms with Crippen LogP contribution in [0.15, 0.2) is 6.20 Å². The van der Waals surface area contributed by atoms with Crippen LogP contribution in [-0.2, 0) is 11.2 Å². The average molecular weight is 208 g/mol. The third-order valence-electron chi connectivity index (χ3n) is 3.02. The lowest BCUT2D eigenvalue weighted by molar-refractivity contribution is -0.124. The topological polar surface area (TPSA) is 73.8 Å². The third kappa shape index (κ3) is 2.07. The maximum atomic E-state index is 11.0. The van der Waals surface area contributed by atoms with E-state index in [1.54, 1.807) is 6.92 Å². The number of hydrogen-bond donors (Lipinski definition) is 1. The molecule has 5 nitrogen and oxygen atoms in total. The van der Waals surface area contributed by atoms with E-state index in [-0.39, 0.29) is 11.7 Å². The second kappa shape index (κ2) is 4.10. The molecule has 1 aliphatic rings. The fourth-order valence-corrected chi connectivity index (χ4v) is 1.89. The van der Waals surface area contributed by atoms with Gasteiger partial charge in [-0.15, -0.1) is 5.10 Å². The number of nitrogens with two attached hydrogens (primary N) is 1. The normalized spacial score (nSPS) is 24.9. The Morgan fingerprint density at radius 1 is 1.67 bits per heavy atom. The van der Waals surface area contributed by atoms with Crippen molar-refractivity contribution in [2.75, 3.05) is 6.54 Å². The number of ketones is 1. The highest BCUT2D eigenvalue weighted by Crippen LogP contribution is 2.37. The Hall–Kier alpha value is -1.23. The summed E-state index contributed by atoms with van der Waals surface area (Å²) in [6.07, 6.45) is 4.51. The number of rotatable bonds is 4. The highest BCUT2D eigenvalue weighted by atomic mass is 16.1. The summed E-state index contributed by atoms with van der Waals surface area (Å²) in [6, 6.07) is 0.359. The molecule has 1 heterocycles. The van der Waals surface area contributed by atoms with Gasteiger partial charge in [-0.1, -0.05) is 5.21 Å². The van der Waals surface area contributed by atoms with Crippen molar-refractivity contribution in [3.8, 4) is 0 Å². The van der Waals surface area contributed by atoms with Gasteiger partial charge in [0.2, 0.25) is 0 Å². The van der Waals surface area contributed by atoms with Gasteiger partial charge in [-0.2, -0.15) is 0 Å². The smallest absolute Gasteiger partial charge is 0.133 e. The molecule has 0 aromatic carbocycles. The Morgan fingerprint density at radius 3 is 3.00 bits per heavy atom. The van der Waals surface area contributed by atoms with E-state index in [0.717, 1.165) is 25.0 Å². The van der Waals surface area contributed by atoms with Crippen molar-refractivity contribution < 1.29 is 4.79 Å². The highest BCUT2D eigenvalue weighted by Gasteiger charge is 2.34. The van der Waals surface area contributed by atoms with Gasteiger partial charge in [0.1, 0.15) is 5.78 Å². The number of Topliss-reactive ketones (excluding diaryl/α,β-unsaturated/α-hetero) is 1. The van der Waals surface area contributed by atoms with Crippen molar-refractivity contribution in [3.05, 3.63) is 11.9 Å². The molecule has 2 N–H and O–H groups in total. The van der Waals surface area contributed by atoms with Gasteiger partial charge in [-0.3, -0.25) is 4.79 Å². The molecule has 0 radical (unpaired) electrons. The summed E-state index contributed by atoms with van der Waals surface area (Å²) >= 11 is 0. The van der Waals surface area contributed by atoms with Crippen LogP contribution in [0.5, 0.6) is 0 Å². The van der Waals surface area contributed by atoms with Crippen molar-refractivity contribution in [3.63, 3.8) is 0 Å². The van der Waals surface area contributed by atoms with Crippen molar-refractivity contribution in [2.24, 2.45) is 11.7 Å². The highest BCUT2D eigenvalue weighted by molar-refractivity contribution is 5.79. The van der Waals surface area contributed by atoms with Gasteiger partial charge in [-0.05, 0) is 26.3 Å². The van der Waals surface area contributed by atoms with Crippen molar-refractivity contribution in [1.82, 2.24) is 15.0 Å². The Labute approximate surface area is 88.6 Å². The standard InChI is InChI=1S/C10H16N4O/c1-7(15)8-4-10(5-8)14-6-9(2-3-11)12-13-14/h6,8,10H,2-5,11H2,1H3. The molecule has 0 aliphatic heterocycles. The summed E-state index contributed by atoms with van der Waals surface area (Å²) in [6.45, 7) is 2.25. The molecule has 0 saturated heterocycles. The molecule has 82 valence electrons. The second-order valence-corrected chi connectivity index (χ2v) is 4.16. The Morgan fingerprint density at radius 2 is 2.40 bits per heavy atom. The molecule has 1 saturated carbocycles. The van der Waals surface area contributed by atoms with E-state index in [4.69, 9.17) is 5.73 Å². The summed E-state index contributed by atoms with van der Waals surface area (Å²) in [4.78, 5) is 11.0. The predicted octanol–water partition coefficient (Wildman–Crippen LogP) is 0.319. The minimum Gasteiger partial charge on any atom is -0.330 e. The van der Waals surface area contributed by atoms with Gasteiger partial charge >= 0.3 is 0 Å². The predicted molar refractivity (Wildman–Crippen MR) is 55.2 cm³/mol. The van der Waals surface area contributed by atoms with E-state index >= 15 is 0 Å². The quantitative estimate of drug-likeness (QED) is 0.773. The molecule has 0 unspecified atom stereocenters. The van der Waals surface area contributed by atoms with Crippen molar-refractivity contribution in [2.45, 2.75) is 32.2 Å². The molecule has 0 amide bonds. The lowest BCUT2D eigenvalue weighted by Crippen LogP contribution is -2.31. The van der Waals surface area contributed by atoms with Crippen LogP contribution in [0.25, 0.3) is 0 Å². The largest absolute Gasteiger partial charge is 0.330 e. The van der Waals surface area contributed by atoms with Crippen LogP contribution in [0.1, 0.15) is 31.5 Å². The first-order valence-electron chi connectivity index (χ1n) is 5.32. The third-order valence-corrected chi connectivity index (χ3v) is 3.02. The first-order valence-corrected chi connectivity index (χ1v) is 5.32. The Bertz CT molecular complexity index is 354. The van der Waals surface area contributed by atoms with Crippen molar-refractivity contribution in [1.29, 1.82) is 0 Å². The van der Waals surface area contributed by atoms with E-state index in [1.807, 2.05) is 10.9 Å². The number of aromatic nitrogens is 3. The van der Waals surface area contributed by atoms with Gasteiger partial charge in [0.05, 0.1) is 11.7 Å². The molecule has 1 fully saturated rings. The summed E-state index contributed by atoms with van der Waals surface area (Å²) in [5.74, 6) is 0.519. The molecule has 0 atom stereocenters. The van der Waals surface area contributed by atoms with Crippen LogP contribution in [0, 0.1) is 5.92 Å². The van der Waals surface area contributed by atoms with Gasteiger partial charge in [0, 0.05) is 18.5 Å². The summed E-state index contributed by atoms with van der Waals surface area (Å²) in [5, 5.41) is 8.08. The van der Waals surface area contributed by atoms with Crippen LogP contribution in [0.3, 0.4) is 0 Å². The van der Waals surface area contributed by atoms with Crippen LogP contribution in [0.4, 0.5) is 0 Å². The first kappa shape index (κ1) is 10.3. The SMILES string of the molecule is CC(=O)C1CC(n2cc(CCN)nn2)C1. The maximum absolute atomic E-state index is 11.0. The number of carbonyl (C=O) groups excluding carboxylic acids is 1. The zero-order valence-corrected chi connectivity index (χ0v) is 8.89. The molecular weight excluding hydrogens is 192 g/mol. The summed E-state index contributed by atoms with van der Waals surface area (Å²) in [5.41, 5.74) is 6.37. The van der Waals surface area contributed by atoms with E-state index in [2.05, 4.69) is 10.3 Å². The molecule has 1 aromatic heterocycles. The number of carbonyl (C=O) groups is 1. The van der Waals surface area contributed by atoms with Crippen LogP contribution < -0.4 is 5.73 Å². The minimum atomic E-state index is 0.233. The van der Waals surface area contributed by atoms with Gasteiger partial charge in [-0.25, -0.2) is 4.68 Å². The molecule has 15 heavy (non-hydrogen) atoms. The average Bonchev–Trinajstić information content (AvgIpc) is 2.50. The Balaban J connectivity index is 1.92. The van der Waals surface area contributed by atoms with Crippen LogP contribution in [0.2, 0.25) is 0 Å². The first-order chi connectivity index (χ1) is 7.20. The molecule has 0 spiro atoms. The van der Waals surface area contributed by atoms with Crippen molar-refractivity contribution >= 4 is 5.78 Å². The van der Waals surface area contributed by atoms with E-state index in [0.29, 0.717) is 12.6 Å². The van der Waals surface area contributed by atoms with E-state index < -0.39 is 0 Å². The fourth-order valence-electron chi connectivity index (χ4n) is 1.89. The molecular formula is C10H16N4O. The lowest BCUT2D eigenvalue weighted by Gasteiger charge is -2.33. The molecule has 5 heteroatoms.